The number of anilines is 2. The molecular weight excluding hydrogens is 286 g/mol. The molecule has 7 heteroatoms. The van der Waals surface area contributed by atoms with Crippen LogP contribution >= 0.6 is 11.3 Å². The summed E-state index contributed by atoms with van der Waals surface area (Å²) in [4.78, 5) is 15.4. The largest absolute Gasteiger partial charge is 0.444 e. The zero-order valence-corrected chi connectivity index (χ0v) is 13.0. The number of aryl methyl sites for hydroxylation is 2. The summed E-state index contributed by atoms with van der Waals surface area (Å²) in [5.74, 6) is 2.89. The Morgan fingerprint density at radius 3 is 2.81 bits per heavy atom. The lowest BCUT2D eigenvalue weighted by Gasteiger charge is -2.07. The summed E-state index contributed by atoms with van der Waals surface area (Å²) in [7, 11) is 0. The van der Waals surface area contributed by atoms with Gasteiger partial charge in [-0.25, -0.2) is 9.97 Å². The minimum absolute atomic E-state index is 0.500. The van der Waals surface area contributed by atoms with Crippen LogP contribution in [0.3, 0.4) is 0 Å². The normalized spacial score (nSPS) is 11.0. The van der Waals surface area contributed by atoms with E-state index in [0.29, 0.717) is 18.4 Å². The van der Waals surface area contributed by atoms with E-state index in [2.05, 4.69) is 38.6 Å². The minimum Gasteiger partial charge on any atom is -0.444 e. The average molecular weight is 303 g/mol. The van der Waals surface area contributed by atoms with E-state index in [1.807, 2.05) is 13.8 Å². The van der Waals surface area contributed by atoms with Crippen LogP contribution in [0, 0.1) is 13.8 Å². The van der Waals surface area contributed by atoms with Crippen LogP contribution < -0.4 is 10.6 Å². The zero-order chi connectivity index (χ0) is 14.8. The van der Waals surface area contributed by atoms with Crippen LogP contribution in [0.1, 0.15) is 23.5 Å². The Kier molecular flexibility index (Phi) is 3.74. The number of aromatic nitrogens is 3. The molecule has 3 aromatic rings. The molecular formula is C14H17N5OS. The first-order chi connectivity index (χ1) is 10.2. The van der Waals surface area contributed by atoms with Gasteiger partial charge < -0.3 is 15.1 Å². The lowest BCUT2D eigenvalue weighted by Crippen LogP contribution is -2.07. The summed E-state index contributed by atoms with van der Waals surface area (Å²) in [6.45, 7) is 7.26. The monoisotopic (exact) mass is 303 g/mol. The van der Waals surface area contributed by atoms with Crippen LogP contribution in [0.15, 0.2) is 16.7 Å². The molecule has 0 spiro atoms. The molecule has 6 nitrogen and oxygen atoms in total. The van der Waals surface area contributed by atoms with Crippen LogP contribution in [0.5, 0.6) is 0 Å². The predicted octanol–water partition coefficient (Wildman–Crippen LogP) is 3.34. The molecule has 0 fully saturated rings. The van der Waals surface area contributed by atoms with Crippen molar-refractivity contribution < 1.29 is 4.42 Å². The standard InChI is InChI=1S/C14H17N5OS/c1-4-15-14-18-12(10-5-9(3)21-13(10)19-14)17-7-11-16-6-8(2)20-11/h5-6H,4,7H2,1-3H3,(H2,15,17,18,19). The van der Waals surface area contributed by atoms with Crippen molar-refractivity contribution in [2.75, 3.05) is 17.2 Å². The van der Waals surface area contributed by atoms with E-state index in [4.69, 9.17) is 4.42 Å². The number of fused-ring (bicyclic) bond motifs is 1. The zero-order valence-electron chi connectivity index (χ0n) is 12.2. The molecule has 0 radical (unpaired) electrons. The summed E-state index contributed by atoms with van der Waals surface area (Å²) in [6.07, 6.45) is 1.71. The maximum atomic E-state index is 5.47. The molecule has 0 atom stereocenters. The Morgan fingerprint density at radius 1 is 1.24 bits per heavy atom. The van der Waals surface area contributed by atoms with E-state index in [1.165, 1.54) is 4.88 Å². The average Bonchev–Trinajstić information content (AvgIpc) is 3.01. The second-order valence-corrected chi connectivity index (χ2v) is 5.96. The van der Waals surface area contributed by atoms with E-state index in [0.717, 1.165) is 28.3 Å². The fourth-order valence-electron chi connectivity index (χ4n) is 2.06. The van der Waals surface area contributed by atoms with Crippen LogP contribution in [0.25, 0.3) is 10.2 Å². The first kappa shape index (κ1) is 13.8. The molecule has 0 aromatic carbocycles. The van der Waals surface area contributed by atoms with Gasteiger partial charge in [0.1, 0.15) is 16.4 Å². The topological polar surface area (TPSA) is 75.9 Å². The molecule has 0 aliphatic carbocycles. The summed E-state index contributed by atoms with van der Waals surface area (Å²) in [5, 5.41) is 7.48. The Hall–Kier alpha value is -2.15. The lowest BCUT2D eigenvalue weighted by atomic mass is 10.3. The van der Waals surface area contributed by atoms with Gasteiger partial charge in [0.25, 0.3) is 0 Å². The van der Waals surface area contributed by atoms with Crippen molar-refractivity contribution in [1.29, 1.82) is 0 Å². The molecule has 0 aliphatic rings. The van der Waals surface area contributed by atoms with Crippen molar-refractivity contribution in [3.05, 3.63) is 28.8 Å². The Balaban J connectivity index is 1.91. The first-order valence-electron chi connectivity index (χ1n) is 6.83. The van der Waals surface area contributed by atoms with Crippen molar-refractivity contribution >= 4 is 33.3 Å². The van der Waals surface area contributed by atoms with E-state index in [9.17, 15) is 0 Å². The highest BCUT2D eigenvalue weighted by Crippen LogP contribution is 2.29. The van der Waals surface area contributed by atoms with Crippen LogP contribution in [-0.2, 0) is 6.54 Å². The maximum Gasteiger partial charge on any atom is 0.226 e. The highest BCUT2D eigenvalue weighted by molar-refractivity contribution is 7.18. The van der Waals surface area contributed by atoms with Gasteiger partial charge in [0, 0.05) is 11.4 Å². The van der Waals surface area contributed by atoms with Crippen molar-refractivity contribution in [3.63, 3.8) is 0 Å². The molecule has 3 heterocycles. The van der Waals surface area contributed by atoms with E-state index < -0.39 is 0 Å². The second-order valence-electron chi connectivity index (χ2n) is 4.72. The number of hydrogen-bond acceptors (Lipinski definition) is 7. The molecule has 0 amide bonds. The van der Waals surface area contributed by atoms with Gasteiger partial charge in [-0.05, 0) is 26.8 Å². The van der Waals surface area contributed by atoms with Gasteiger partial charge in [0.15, 0.2) is 0 Å². The minimum atomic E-state index is 0.500. The highest BCUT2D eigenvalue weighted by atomic mass is 32.1. The third-order valence-electron chi connectivity index (χ3n) is 2.93. The lowest BCUT2D eigenvalue weighted by molar-refractivity contribution is 0.479. The number of hydrogen-bond donors (Lipinski definition) is 2. The van der Waals surface area contributed by atoms with Gasteiger partial charge in [-0.1, -0.05) is 0 Å². The van der Waals surface area contributed by atoms with Crippen molar-refractivity contribution in [3.8, 4) is 0 Å². The summed E-state index contributed by atoms with van der Waals surface area (Å²) >= 11 is 1.66. The molecule has 0 unspecified atom stereocenters. The molecule has 0 saturated heterocycles. The Bertz CT molecular complexity index is 764. The van der Waals surface area contributed by atoms with Crippen LogP contribution in [-0.4, -0.2) is 21.5 Å². The van der Waals surface area contributed by atoms with Crippen molar-refractivity contribution in [2.45, 2.75) is 27.3 Å². The molecule has 110 valence electrons. The maximum absolute atomic E-state index is 5.47. The second kappa shape index (κ2) is 5.69. The molecule has 0 aliphatic heterocycles. The van der Waals surface area contributed by atoms with E-state index >= 15 is 0 Å². The third-order valence-corrected chi connectivity index (χ3v) is 3.87. The van der Waals surface area contributed by atoms with Crippen molar-refractivity contribution in [2.24, 2.45) is 0 Å². The highest BCUT2D eigenvalue weighted by Gasteiger charge is 2.11. The van der Waals surface area contributed by atoms with Gasteiger partial charge in [-0.3, -0.25) is 0 Å². The van der Waals surface area contributed by atoms with Gasteiger partial charge >= 0.3 is 0 Å². The van der Waals surface area contributed by atoms with E-state index in [1.54, 1.807) is 17.5 Å². The van der Waals surface area contributed by atoms with Crippen LogP contribution in [0.2, 0.25) is 0 Å². The number of oxazole rings is 1. The molecule has 0 bridgehead atoms. The number of rotatable bonds is 5. The fourth-order valence-corrected chi connectivity index (χ4v) is 2.94. The summed E-state index contributed by atoms with van der Waals surface area (Å²) < 4.78 is 5.47. The number of thiophene rings is 1. The van der Waals surface area contributed by atoms with Gasteiger partial charge in [-0.2, -0.15) is 4.98 Å². The van der Waals surface area contributed by atoms with Crippen molar-refractivity contribution in [1.82, 2.24) is 15.0 Å². The van der Waals surface area contributed by atoms with Crippen LogP contribution in [0.4, 0.5) is 11.8 Å². The molecule has 2 N–H and O–H groups in total. The number of nitrogens with zero attached hydrogens (tertiary/aromatic N) is 3. The van der Waals surface area contributed by atoms with E-state index in [-0.39, 0.29) is 0 Å². The van der Waals surface area contributed by atoms with Gasteiger partial charge in [0.2, 0.25) is 11.8 Å². The quantitative estimate of drug-likeness (QED) is 0.753. The number of nitrogens with one attached hydrogen (secondary N) is 2. The molecule has 3 aromatic heterocycles. The molecule has 21 heavy (non-hydrogen) atoms. The SMILES string of the molecule is CCNc1nc(NCc2ncc(C)o2)c2cc(C)sc2n1. The molecule has 3 rings (SSSR count). The van der Waals surface area contributed by atoms with Gasteiger partial charge in [-0.15, -0.1) is 11.3 Å². The fraction of sp³-hybridized carbons (Fsp3) is 0.357. The third kappa shape index (κ3) is 2.97. The van der Waals surface area contributed by atoms with Gasteiger partial charge in [0.05, 0.1) is 18.1 Å². The summed E-state index contributed by atoms with van der Waals surface area (Å²) in [6, 6.07) is 2.10. The Labute approximate surface area is 126 Å². The molecule has 0 saturated carbocycles. The summed E-state index contributed by atoms with van der Waals surface area (Å²) in [5.41, 5.74) is 0. The first-order valence-corrected chi connectivity index (χ1v) is 7.64. The predicted molar refractivity (Wildman–Crippen MR) is 84.9 cm³/mol. The Morgan fingerprint density at radius 2 is 2.10 bits per heavy atom. The smallest absolute Gasteiger partial charge is 0.226 e.